The van der Waals surface area contributed by atoms with Crippen LogP contribution in [0.5, 0.6) is 11.5 Å². The minimum atomic E-state index is -0.407. The molecule has 7 heteroatoms. The SMILES string of the molecule is O=C(COc1ccc(Cl)cc1Cl)N/N=C/c1ccc(OCc2ccccc2)cc1. The molecule has 5 nitrogen and oxygen atoms in total. The number of carbonyl (C=O) groups is 1. The van der Waals surface area contributed by atoms with E-state index >= 15 is 0 Å². The average Bonchev–Trinajstić information content (AvgIpc) is 2.73. The third-order valence-corrected chi connectivity index (χ3v) is 4.31. The first kappa shape index (κ1) is 20.7. The van der Waals surface area contributed by atoms with E-state index in [1.54, 1.807) is 18.2 Å². The van der Waals surface area contributed by atoms with Crippen molar-refractivity contribution in [2.24, 2.45) is 5.10 Å². The van der Waals surface area contributed by atoms with Gasteiger partial charge in [-0.3, -0.25) is 4.79 Å². The summed E-state index contributed by atoms with van der Waals surface area (Å²) in [5.41, 5.74) is 4.32. The van der Waals surface area contributed by atoms with Crippen LogP contribution in [0.1, 0.15) is 11.1 Å². The summed E-state index contributed by atoms with van der Waals surface area (Å²) in [6, 6.07) is 22.1. The van der Waals surface area contributed by atoms with Crippen LogP contribution >= 0.6 is 23.2 Å². The molecule has 148 valence electrons. The smallest absolute Gasteiger partial charge is 0.277 e. The fourth-order valence-electron chi connectivity index (χ4n) is 2.34. The van der Waals surface area contributed by atoms with Crippen LogP contribution in [-0.4, -0.2) is 18.7 Å². The Morgan fingerprint density at radius 1 is 0.966 bits per heavy atom. The number of amides is 1. The molecule has 3 aromatic carbocycles. The number of halogens is 2. The Morgan fingerprint density at radius 2 is 1.72 bits per heavy atom. The number of ether oxygens (including phenoxy) is 2. The van der Waals surface area contributed by atoms with Crippen LogP contribution in [0, 0.1) is 0 Å². The Kier molecular flexibility index (Phi) is 7.50. The minimum absolute atomic E-state index is 0.217. The summed E-state index contributed by atoms with van der Waals surface area (Å²) in [6.07, 6.45) is 1.54. The highest BCUT2D eigenvalue weighted by molar-refractivity contribution is 6.35. The fraction of sp³-hybridized carbons (Fsp3) is 0.0909. The van der Waals surface area contributed by atoms with E-state index in [9.17, 15) is 4.79 Å². The Balaban J connectivity index is 1.43. The molecule has 0 bridgehead atoms. The molecule has 0 fully saturated rings. The van der Waals surface area contributed by atoms with Crippen LogP contribution in [0.2, 0.25) is 10.0 Å². The van der Waals surface area contributed by atoms with Crippen LogP contribution < -0.4 is 14.9 Å². The Morgan fingerprint density at radius 3 is 2.45 bits per heavy atom. The van der Waals surface area contributed by atoms with Crippen LogP contribution in [0.4, 0.5) is 0 Å². The summed E-state index contributed by atoms with van der Waals surface area (Å²) in [6.45, 7) is 0.285. The largest absolute Gasteiger partial charge is 0.489 e. The second-order valence-electron chi connectivity index (χ2n) is 6.00. The maximum atomic E-state index is 11.8. The number of carbonyl (C=O) groups excluding carboxylic acids is 1. The van der Waals surface area contributed by atoms with Crippen molar-refractivity contribution in [3.05, 3.63) is 94.0 Å². The highest BCUT2D eigenvalue weighted by Gasteiger charge is 2.05. The standard InChI is InChI=1S/C22H18Cl2N2O3/c23-18-8-11-21(20(24)12-18)29-15-22(27)26-25-13-16-6-9-19(10-7-16)28-14-17-4-2-1-3-5-17/h1-13H,14-15H2,(H,26,27)/b25-13+. The maximum Gasteiger partial charge on any atom is 0.277 e. The minimum Gasteiger partial charge on any atom is -0.489 e. The van der Waals surface area contributed by atoms with Gasteiger partial charge in [-0.15, -0.1) is 0 Å². The lowest BCUT2D eigenvalue weighted by molar-refractivity contribution is -0.123. The lowest BCUT2D eigenvalue weighted by atomic mass is 10.2. The second-order valence-corrected chi connectivity index (χ2v) is 6.84. The van der Waals surface area contributed by atoms with Crippen LogP contribution in [0.15, 0.2) is 77.9 Å². The van der Waals surface area contributed by atoms with Crippen molar-refractivity contribution < 1.29 is 14.3 Å². The van der Waals surface area contributed by atoms with Gasteiger partial charge in [-0.1, -0.05) is 53.5 Å². The predicted octanol–water partition coefficient (Wildman–Crippen LogP) is 5.10. The van der Waals surface area contributed by atoms with Crippen molar-refractivity contribution in [1.29, 1.82) is 0 Å². The Bertz CT molecular complexity index is 977. The highest BCUT2D eigenvalue weighted by Crippen LogP contribution is 2.27. The maximum absolute atomic E-state index is 11.8. The molecule has 0 saturated carbocycles. The molecule has 0 aliphatic carbocycles. The van der Waals surface area contributed by atoms with Gasteiger partial charge < -0.3 is 9.47 Å². The first-order valence-electron chi connectivity index (χ1n) is 8.77. The van der Waals surface area contributed by atoms with Crippen molar-refractivity contribution in [1.82, 2.24) is 5.43 Å². The molecule has 0 saturated heterocycles. The molecule has 0 aliphatic heterocycles. The third kappa shape index (κ3) is 6.82. The normalized spacial score (nSPS) is 10.7. The van der Waals surface area contributed by atoms with Gasteiger partial charge in [0.05, 0.1) is 11.2 Å². The molecular formula is C22H18Cl2N2O3. The first-order valence-corrected chi connectivity index (χ1v) is 9.52. The summed E-state index contributed by atoms with van der Waals surface area (Å²) in [5, 5.41) is 4.74. The fourth-order valence-corrected chi connectivity index (χ4v) is 2.80. The molecule has 0 aliphatic rings. The van der Waals surface area contributed by atoms with E-state index in [1.165, 1.54) is 6.21 Å². The van der Waals surface area contributed by atoms with Gasteiger partial charge in [0.15, 0.2) is 6.61 Å². The Hall–Kier alpha value is -3.02. The molecule has 0 radical (unpaired) electrons. The van der Waals surface area contributed by atoms with Crippen molar-refractivity contribution in [2.45, 2.75) is 6.61 Å². The summed E-state index contributed by atoms with van der Waals surface area (Å²) in [5.74, 6) is 0.722. The molecule has 29 heavy (non-hydrogen) atoms. The molecular weight excluding hydrogens is 411 g/mol. The molecule has 3 rings (SSSR count). The summed E-state index contributed by atoms with van der Waals surface area (Å²) in [4.78, 5) is 11.8. The van der Waals surface area contributed by atoms with Crippen LogP contribution in [0.25, 0.3) is 0 Å². The number of benzene rings is 3. The van der Waals surface area contributed by atoms with Gasteiger partial charge in [0.2, 0.25) is 0 Å². The van der Waals surface area contributed by atoms with Gasteiger partial charge in [-0.05, 0) is 53.6 Å². The summed E-state index contributed by atoms with van der Waals surface area (Å²) < 4.78 is 11.1. The van der Waals surface area contributed by atoms with E-state index in [2.05, 4.69) is 10.5 Å². The second kappa shape index (κ2) is 10.5. The summed E-state index contributed by atoms with van der Waals surface area (Å²) in [7, 11) is 0. The molecule has 0 spiro atoms. The zero-order valence-corrected chi connectivity index (χ0v) is 16.9. The third-order valence-electron chi connectivity index (χ3n) is 3.78. The number of hydrogen-bond donors (Lipinski definition) is 1. The number of nitrogens with one attached hydrogen (secondary N) is 1. The Labute approximate surface area is 178 Å². The van der Waals surface area contributed by atoms with Gasteiger partial charge in [0.25, 0.3) is 5.91 Å². The van der Waals surface area contributed by atoms with Gasteiger partial charge in [-0.25, -0.2) is 5.43 Å². The van der Waals surface area contributed by atoms with Gasteiger partial charge >= 0.3 is 0 Å². The molecule has 3 aromatic rings. The van der Waals surface area contributed by atoms with Gasteiger partial charge in [0.1, 0.15) is 18.1 Å². The monoisotopic (exact) mass is 428 g/mol. The first-order chi connectivity index (χ1) is 14.1. The van der Waals surface area contributed by atoms with Crippen LogP contribution in [0.3, 0.4) is 0 Å². The van der Waals surface area contributed by atoms with E-state index in [1.807, 2.05) is 54.6 Å². The number of nitrogens with zero attached hydrogens (tertiary/aromatic N) is 1. The predicted molar refractivity (Wildman–Crippen MR) is 115 cm³/mol. The molecule has 0 heterocycles. The molecule has 0 aromatic heterocycles. The number of rotatable bonds is 8. The average molecular weight is 429 g/mol. The van der Waals surface area contributed by atoms with Crippen molar-refractivity contribution in [3.63, 3.8) is 0 Å². The zero-order chi connectivity index (χ0) is 20.5. The molecule has 1 amide bonds. The van der Waals surface area contributed by atoms with Crippen molar-refractivity contribution >= 4 is 35.3 Å². The van der Waals surface area contributed by atoms with E-state index in [0.29, 0.717) is 22.4 Å². The van der Waals surface area contributed by atoms with Crippen molar-refractivity contribution in [2.75, 3.05) is 6.61 Å². The van der Waals surface area contributed by atoms with Gasteiger partial charge in [-0.2, -0.15) is 5.10 Å². The molecule has 1 N–H and O–H groups in total. The van der Waals surface area contributed by atoms with E-state index < -0.39 is 5.91 Å². The topological polar surface area (TPSA) is 59.9 Å². The van der Waals surface area contributed by atoms with E-state index in [0.717, 1.165) is 16.9 Å². The molecule has 0 atom stereocenters. The highest BCUT2D eigenvalue weighted by atomic mass is 35.5. The molecule has 0 unspecified atom stereocenters. The van der Waals surface area contributed by atoms with Crippen molar-refractivity contribution in [3.8, 4) is 11.5 Å². The summed E-state index contributed by atoms with van der Waals surface area (Å²) >= 11 is 11.8. The lowest BCUT2D eigenvalue weighted by Gasteiger charge is -2.07. The number of hydrogen-bond acceptors (Lipinski definition) is 4. The van der Waals surface area contributed by atoms with Crippen LogP contribution in [-0.2, 0) is 11.4 Å². The zero-order valence-electron chi connectivity index (χ0n) is 15.3. The van der Waals surface area contributed by atoms with E-state index in [4.69, 9.17) is 32.7 Å². The van der Waals surface area contributed by atoms with Gasteiger partial charge in [0, 0.05) is 5.02 Å². The number of hydrazone groups is 1. The van der Waals surface area contributed by atoms with E-state index in [-0.39, 0.29) is 6.61 Å². The quantitative estimate of drug-likeness (QED) is 0.400. The lowest BCUT2D eigenvalue weighted by Crippen LogP contribution is -2.24.